The molecule has 1 heterocycles. The Morgan fingerprint density at radius 3 is 2.29 bits per heavy atom. The summed E-state index contributed by atoms with van der Waals surface area (Å²) in [6.07, 6.45) is 0.999. The molecule has 0 radical (unpaired) electrons. The third kappa shape index (κ3) is 5.40. The summed E-state index contributed by atoms with van der Waals surface area (Å²) in [6.45, 7) is 2.62. The van der Waals surface area contributed by atoms with Crippen molar-refractivity contribution in [1.82, 2.24) is 9.80 Å². The van der Waals surface area contributed by atoms with Crippen molar-refractivity contribution in [3.63, 3.8) is 0 Å². The van der Waals surface area contributed by atoms with E-state index in [1.807, 2.05) is 35.2 Å². The Bertz CT molecular complexity index is 822. The van der Waals surface area contributed by atoms with Gasteiger partial charge in [0.1, 0.15) is 5.75 Å². The van der Waals surface area contributed by atoms with Gasteiger partial charge in [-0.1, -0.05) is 41.4 Å². The molecule has 148 valence electrons. The molecular formula is C21H22Cl2N2O3. The number of halogens is 2. The maximum Gasteiger partial charge on any atom is 0.253 e. The van der Waals surface area contributed by atoms with E-state index in [2.05, 4.69) is 0 Å². The minimum atomic E-state index is 0.0148. The lowest BCUT2D eigenvalue weighted by molar-refractivity contribution is -0.132. The maximum absolute atomic E-state index is 12.5. The van der Waals surface area contributed by atoms with Gasteiger partial charge in [-0.25, -0.2) is 0 Å². The summed E-state index contributed by atoms with van der Waals surface area (Å²) in [7, 11) is 0. The highest BCUT2D eigenvalue weighted by Crippen LogP contribution is 2.27. The Morgan fingerprint density at radius 1 is 0.929 bits per heavy atom. The SMILES string of the molecule is O=C(CCCOc1ccc(Cl)cc1Cl)N1CCN(C(=O)c2ccccc2)CC1. The Labute approximate surface area is 174 Å². The van der Waals surface area contributed by atoms with E-state index in [4.69, 9.17) is 27.9 Å². The largest absolute Gasteiger partial charge is 0.492 e. The summed E-state index contributed by atoms with van der Waals surface area (Å²) in [6, 6.07) is 14.3. The highest BCUT2D eigenvalue weighted by molar-refractivity contribution is 6.35. The molecule has 0 aromatic heterocycles. The second-order valence-corrected chi connectivity index (χ2v) is 7.41. The molecule has 0 atom stereocenters. The first-order chi connectivity index (χ1) is 13.5. The van der Waals surface area contributed by atoms with Gasteiger partial charge in [-0.3, -0.25) is 9.59 Å². The Balaban J connectivity index is 1.38. The van der Waals surface area contributed by atoms with Crippen LogP contribution in [0.2, 0.25) is 10.0 Å². The van der Waals surface area contributed by atoms with E-state index in [1.54, 1.807) is 23.1 Å². The Hall–Kier alpha value is -2.24. The monoisotopic (exact) mass is 420 g/mol. The van der Waals surface area contributed by atoms with Gasteiger partial charge in [0.15, 0.2) is 0 Å². The molecule has 0 saturated carbocycles. The lowest BCUT2D eigenvalue weighted by atomic mass is 10.1. The minimum absolute atomic E-state index is 0.0148. The fourth-order valence-corrected chi connectivity index (χ4v) is 3.54. The Morgan fingerprint density at radius 2 is 1.61 bits per heavy atom. The van der Waals surface area contributed by atoms with Gasteiger partial charge in [0.05, 0.1) is 11.6 Å². The average molecular weight is 421 g/mol. The molecule has 7 heteroatoms. The van der Waals surface area contributed by atoms with Crippen molar-refractivity contribution in [1.29, 1.82) is 0 Å². The van der Waals surface area contributed by atoms with Crippen LogP contribution in [-0.2, 0) is 4.79 Å². The maximum atomic E-state index is 12.5. The first kappa shape index (κ1) is 20.5. The van der Waals surface area contributed by atoms with Crippen molar-refractivity contribution in [2.75, 3.05) is 32.8 Å². The quantitative estimate of drug-likeness (QED) is 0.659. The number of rotatable bonds is 6. The summed E-state index contributed by atoms with van der Waals surface area (Å²) in [5.74, 6) is 0.658. The number of hydrogen-bond acceptors (Lipinski definition) is 3. The molecule has 1 aliphatic rings. The normalized spacial score (nSPS) is 14.1. The van der Waals surface area contributed by atoms with Crippen molar-refractivity contribution in [2.24, 2.45) is 0 Å². The van der Waals surface area contributed by atoms with Crippen LogP contribution in [0.25, 0.3) is 0 Å². The van der Waals surface area contributed by atoms with E-state index < -0.39 is 0 Å². The molecule has 2 aromatic carbocycles. The predicted molar refractivity (Wildman–Crippen MR) is 110 cm³/mol. The van der Waals surface area contributed by atoms with Crippen LogP contribution in [0.3, 0.4) is 0 Å². The average Bonchev–Trinajstić information content (AvgIpc) is 2.72. The van der Waals surface area contributed by atoms with Crippen molar-refractivity contribution in [3.8, 4) is 5.75 Å². The number of nitrogens with zero attached hydrogens (tertiary/aromatic N) is 2. The number of ether oxygens (including phenoxy) is 1. The smallest absolute Gasteiger partial charge is 0.253 e. The summed E-state index contributed by atoms with van der Waals surface area (Å²) >= 11 is 11.9. The number of benzene rings is 2. The van der Waals surface area contributed by atoms with Gasteiger partial charge in [0.25, 0.3) is 5.91 Å². The number of amides is 2. The fourth-order valence-electron chi connectivity index (χ4n) is 3.08. The lowest BCUT2D eigenvalue weighted by Crippen LogP contribution is -2.50. The summed E-state index contributed by atoms with van der Waals surface area (Å²) in [4.78, 5) is 28.5. The summed E-state index contributed by atoms with van der Waals surface area (Å²) in [5.41, 5.74) is 0.681. The molecule has 1 saturated heterocycles. The topological polar surface area (TPSA) is 49.9 Å². The van der Waals surface area contributed by atoms with Crippen LogP contribution in [0.5, 0.6) is 5.75 Å². The van der Waals surface area contributed by atoms with Gasteiger partial charge < -0.3 is 14.5 Å². The van der Waals surface area contributed by atoms with Crippen LogP contribution < -0.4 is 4.74 Å². The van der Waals surface area contributed by atoms with Gasteiger partial charge in [0.2, 0.25) is 5.91 Å². The molecule has 2 aromatic rings. The third-order valence-electron chi connectivity index (χ3n) is 4.63. The van der Waals surface area contributed by atoms with E-state index in [-0.39, 0.29) is 11.8 Å². The molecule has 28 heavy (non-hydrogen) atoms. The predicted octanol–water partition coefficient (Wildman–Crippen LogP) is 4.14. The molecular weight excluding hydrogens is 399 g/mol. The zero-order valence-corrected chi connectivity index (χ0v) is 17.0. The third-order valence-corrected chi connectivity index (χ3v) is 5.16. The van der Waals surface area contributed by atoms with Crippen molar-refractivity contribution in [3.05, 3.63) is 64.1 Å². The van der Waals surface area contributed by atoms with Crippen molar-refractivity contribution < 1.29 is 14.3 Å². The van der Waals surface area contributed by atoms with Gasteiger partial charge in [-0.2, -0.15) is 0 Å². The number of piperazine rings is 1. The van der Waals surface area contributed by atoms with E-state index in [0.717, 1.165) is 0 Å². The standard InChI is InChI=1S/C21H22Cl2N2O3/c22-17-8-9-19(18(23)15-17)28-14-4-7-20(26)24-10-12-25(13-11-24)21(27)16-5-2-1-3-6-16/h1-3,5-6,8-9,15H,4,7,10-14H2. The Kier molecular flexibility index (Phi) is 7.18. The molecule has 1 fully saturated rings. The molecule has 2 amide bonds. The first-order valence-electron chi connectivity index (χ1n) is 9.24. The zero-order valence-electron chi connectivity index (χ0n) is 15.4. The van der Waals surface area contributed by atoms with E-state index >= 15 is 0 Å². The molecule has 0 N–H and O–H groups in total. The summed E-state index contributed by atoms with van der Waals surface area (Å²) < 4.78 is 5.61. The number of hydrogen-bond donors (Lipinski definition) is 0. The van der Waals surface area contributed by atoms with E-state index in [1.165, 1.54) is 0 Å². The van der Waals surface area contributed by atoms with Crippen LogP contribution in [0.1, 0.15) is 23.2 Å². The summed E-state index contributed by atoms with van der Waals surface area (Å²) in [5, 5.41) is 1.01. The second kappa shape index (κ2) is 9.80. The second-order valence-electron chi connectivity index (χ2n) is 6.57. The number of carbonyl (C=O) groups is 2. The molecule has 0 bridgehead atoms. The van der Waals surface area contributed by atoms with Crippen LogP contribution in [0, 0.1) is 0 Å². The van der Waals surface area contributed by atoms with E-state index in [9.17, 15) is 9.59 Å². The van der Waals surface area contributed by atoms with E-state index in [0.29, 0.717) is 67.0 Å². The molecule has 0 spiro atoms. The highest BCUT2D eigenvalue weighted by atomic mass is 35.5. The van der Waals surface area contributed by atoms with Gasteiger partial charge in [-0.15, -0.1) is 0 Å². The zero-order chi connectivity index (χ0) is 19.9. The minimum Gasteiger partial charge on any atom is -0.492 e. The molecule has 3 rings (SSSR count). The van der Waals surface area contributed by atoms with Crippen LogP contribution in [0.15, 0.2) is 48.5 Å². The van der Waals surface area contributed by atoms with Crippen LogP contribution in [-0.4, -0.2) is 54.4 Å². The highest BCUT2D eigenvalue weighted by Gasteiger charge is 2.24. The van der Waals surface area contributed by atoms with Crippen LogP contribution >= 0.6 is 23.2 Å². The van der Waals surface area contributed by atoms with Gasteiger partial charge >= 0.3 is 0 Å². The molecule has 5 nitrogen and oxygen atoms in total. The fraction of sp³-hybridized carbons (Fsp3) is 0.333. The van der Waals surface area contributed by atoms with Gasteiger partial charge in [0, 0.05) is 43.2 Å². The molecule has 0 aliphatic carbocycles. The van der Waals surface area contributed by atoms with Crippen LogP contribution in [0.4, 0.5) is 0 Å². The first-order valence-corrected chi connectivity index (χ1v) is 10.00. The van der Waals surface area contributed by atoms with Crippen molar-refractivity contribution >= 4 is 35.0 Å². The van der Waals surface area contributed by atoms with Gasteiger partial charge in [-0.05, 0) is 36.8 Å². The number of carbonyl (C=O) groups excluding carboxylic acids is 2. The van der Waals surface area contributed by atoms with Crippen molar-refractivity contribution in [2.45, 2.75) is 12.8 Å². The lowest BCUT2D eigenvalue weighted by Gasteiger charge is -2.35. The molecule has 0 unspecified atom stereocenters. The molecule has 1 aliphatic heterocycles.